The molecule has 1 fully saturated rings. The standard InChI is InChI=1S/C31H39N3O4S/c1-24-14-16-29(17-15-24)39(36,37)34-28-20-25(21-32-22-28)30(35)33-23-31(18-9-19-38-2,26-10-5-3-6-11-26)27-12-7-4-8-13-27/h3-8,10-17,25,28,32,34H,9,18-23H2,1-2H3,(H,33,35). The fourth-order valence-corrected chi connectivity index (χ4v) is 6.65. The molecule has 0 aliphatic carbocycles. The van der Waals surface area contributed by atoms with Gasteiger partial charge in [0.25, 0.3) is 0 Å². The van der Waals surface area contributed by atoms with Crippen LogP contribution < -0.4 is 15.4 Å². The number of aryl methyl sites for hydroxylation is 1. The smallest absolute Gasteiger partial charge is 0.240 e. The molecule has 3 N–H and O–H groups in total. The summed E-state index contributed by atoms with van der Waals surface area (Å²) >= 11 is 0. The minimum Gasteiger partial charge on any atom is -0.385 e. The summed E-state index contributed by atoms with van der Waals surface area (Å²) in [5.74, 6) is -0.433. The number of ether oxygens (including phenoxy) is 1. The Bertz CT molecular complexity index is 1260. The highest BCUT2D eigenvalue weighted by Crippen LogP contribution is 2.36. The Morgan fingerprint density at radius 2 is 1.56 bits per heavy atom. The van der Waals surface area contributed by atoms with Gasteiger partial charge in [-0.2, -0.15) is 0 Å². The highest BCUT2D eigenvalue weighted by molar-refractivity contribution is 7.89. The van der Waals surface area contributed by atoms with Crippen molar-refractivity contribution in [1.29, 1.82) is 0 Å². The van der Waals surface area contributed by atoms with Crippen molar-refractivity contribution in [3.05, 3.63) is 102 Å². The molecular formula is C31H39N3O4S. The third kappa shape index (κ3) is 7.33. The van der Waals surface area contributed by atoms with Gasteiger partial charge in [0.1, 0.15) is 0 Å². The first-order valence-electron chi connectivity index (χ1n) is 13.5. The van der Waals surface area contributed by atoms with Crippen molar-refractivity contribution in [2.45, 2.75) is 42.5 Å². The molecule has 1 amide bonds. The molecule has 1 heterocycles. The van der Waals surface area contributed by atoms with Crippen molar-refractivity contribution in [3.63, 3.8) is 0 Å². The lowest BCUT2D eigenvalue weighted by Crippen LogP contribution is -2.53. The molecule has 0 radical (unpaired) electrons. The van der Waals surface area contributed by atoms with E-state index in [4.69, 9.17) is 4.74 Å². The van der Waals surface area contributed by atoms with E-state index in [0.29, 0.717) is 32.7 Å². The predicted octanol–water partition coefficient (Wildman–Crippen LogP) is 3.78. The van der Waals surface area contributed by atoms with Crippen LogP contribution >= 0.6 is 0 Å². The Hall–Kier alpha value is -3.04. The molecule has 8 heteroatoms. The number of nitrogens with one attached hydrogen (secondary N) is 3. The summed E-state index contributed by atoms with van der Waals surface area (Å²) in [6.45, 7) is 3.95. The van der Waals surface area contributed by atoms with Crippen molar-refractivity contribution >= 4 is 15.9 Å². The Balaban J connectivity index is 1.49. The van der Waals surface area contributed by atoms with Crippen LogP contribution in [0.4, 0.5) is 0 Å². The second kappa shape index (κ2) is 13.3. The van der Waals surface area contributed by atoms with E-state index in [0.717, 1.165) is 29.5 Å². The van der Waals surface area contributed by atoms with Gasteiger partial charge >= 0.3 is 0 Å². The van der Waals surface area contributed by atoms with Gasteiger partial charge in [-0.25, -0.2) is 13.1 Å². The maximum atomic E-state index is 13.5. The van der Waals surface area contributed by atoms with Gasteiger partial charge in [-0.3, -0.25) is 4.79 Å². The normalized spacial score (nSPS) is 18.0. The van der Waals surface area contributed by atoms with Gasteiger partial charge in [-0.1, -0.05) is 78.4 Å². The van der Waals surface area contributed by atoms with Crippen molar-refractivity contribution in [3.8, 4) is 0 Å². The zero-order valence-electron chi connectivity index (χ0n) is 22.7. The highest BCUT2D eigenvalue weighted by Gasteiger charge is 2.36. The molecule has 1 aliphatic rings. The van der Waals surface area contributed by atoms with E-state index in [1.165, 1.54) is 0 Å². The Morgan fingerprint density at radius 1 is 0.949 bits per heavy atom. The van der Waals surface area contributed by atoms with E-state index in [1.807, 2.05) is 43.3 Å². The first-order chi connectivity index (χ1) is 18.8. The van der Waals surface area contributed by atoms with Crippen LogP contribution in [0, 0.1) is 12.8 Å². The van der Waals surface area contributed by atoms with Crippen molar-refractivity contribution in [2.24, 2.45) is 5.92 Å². The molecule has 1 aliphatic heterocycles. The van der Waals surface area contributed by atoms with Crippen molar-refractivity contribution in [2.75, 3.05) is 33.4 Å². The van der Waals surface area contributed by atoms with E-state index in [2.05, 4.69) is 39.6 Å². The van der Waals surface area contributed by atoms with Crippen LogP contribution in [0.1, 0.15) is 36.0 Å². The minimum atomic E-state index is -3.68. The number of carbonyl (C=O) groups is 1. The lowest BCUT2D eigenvalue weighted by atomic mass is 9.71. The fourth-order valence-electron chi connectivity index (χ4n) is 5.40. The summed E-state index contributed by atoms with van der Waals surface area (Å²) in [5, 5.41) is 6.49. The molecular weight excluding hydrogens is 510 g/mol. The number of hydrogen-bond acceptors (Lipinski definition) is 5. The summed E-state index contributed by atoms with van der Waals surface area (Å²) in [4.78, 5) is 13.7. The molecule has 1 saturated heterocycles. The van der Waals surface area contributed by atoms with Gasteiger partial charge < -0.3 is 15.4 Å². The van der Waals surface area contributed by atoms with Crippen LogP contribution in [0.2, 0.25) is 0 Å². The Morgan fingerprint density at radius 3 is 2.15 bits per heavy atom. The van der Waals surface area contributed by atoms with E-state index >= 15 is 0 Å². The second-order valence-electron chi connectivity index (χ2n) is 10.4. The van der Waals surface area contributed by atoms with Crippen molar-refractivity contribution < 1.29 is 17.9 Å². The minimum absolute atomic E-state index is 0.0790. The number of sulfonamides is 1. The van der Waals surface area contributed by atoms with Gasteiger partial charge in [-0.05, 0) is 49.4 Å². The van der Waals surface area contributed by atoms with Gasteiger partial charge in [0.15, 0.2) is 0 Å². The number of rotatable bonds is 12. The summed E-state index contributed by atoms with van der Waals surface area (Å²) in [5.41, 5.74) is 2.84. The summed E-state index contributed by atoms with van der Waals surface area (Å²) < 4.78 is 34.0. The molecule has 208 valence electrons. The lowest BCUT2D eigenvalue weighted by molar-refractivity contribution is -0.125. The molecule has 0 bridgehead atoms. The number of hydrogen-bond donors (Lipinski definition) is 3. The number of amides is 1. The molecule has 2 unspecified atom stereocenters. The van der Waals surface area contributed by atoms with E-state index < -0.39 is 15.4 Å². The van der Waals surface area contributed by atoms with Crippen LogP contribution in [0.5, 0.6) is 0 Å². The molecule has 2 atom stereocenters. The maximum absolute atomic E-state index is 13.5. The van der Waals surface area contributed by atoms with Gasteiger partial charge in [0.05, 0.1) is 10.8 Å². The molecule has 3 aromatic carbocycles. The number of carbonyl (C=O) groups excluding carboxylic acids is 1. The van der Waals surface area contributed by atoms with Gasteiger partial charge in [0.2, 0.25) is 15.9 Å². The molecule has 4 rings (SSSR count). The summed E-state index contributed by atoms with van der Waals surface area (Å²) in [6.07, 6.45) is 2.07. The van der Waals surface area contributed by atoms with Crippen LogP contribution in [-0.4, -0.2) is 53.7 Å². The zero-order valence-corrected chi connectivity index (χ0v) is 23.5. The summed E-state index contributed by atoms with van der Waals surface area (Å²) in [7, 11) is -1.98. The van der Waals surface area contributed by atoms with E-state index in [9.17, 15) is 13.2 Å². The van der Waals surface area contributed by atoms with E-state index in [1.54, 1.807) is 31.4 Å². The number of methoxy groups -OCH3 is 1. The summed E-state index contributed by atoms with van der Waals surface area (Å²) in [6, 6.07) is 27.0. The van der Waals surface area contributed by atoms with Crippen LogP contribution in [0.15, 0.2) is 89.8 Å². The monoisotopic (exact) mass is 549 g/mol. The first kappa shape index (κ1) is 29.0. The average Bonchev–Trinajstić information content (AvgIpc) is 2.96. The number of benzene rings is 3. The van der Waals surface area contributed by atoms with Gasteiger partial charge in [-0.15, -0.1) is 0 Å². The molecule has 0 aromatic heterocycles. The topological polar surface area (TPSA) is 96.5 Å². The van der Waals surface area contributed by atoms with E-state index in [-0.39, 0.29) is 22.8 Å². The SMILES string of the molecule is COCCCC(CNC(=O)C1CNCC(NS(=O)(=O)c2ccc(C)cc2)C1)(c1ccccc1)c1ccccc1. The lowest BCUT2D eigenvalue weighted by Gasteiger charge is -2.37. The molecule has 0 saturated carbocycles. The van der Waals surface area contributed by atoms with Crippen LogP contribution in [0.3, 0.4) is 0 Å². The highest BCUT2D eigenvalue weighted by atomic mass is 32.2. The predicted molar refractivity (Wildman–Crippen MR) is 154 cm³/mol. The third-order valence-corrected chi connectivity index (χ3v) is 9.08. The Labute approximate surface area is 232 Å². The number of piperidine rings is 1. The Kier molecular flexibility index (Phi) is 9.91. The largest absolute Gasteiger partial charge is 0.385 e. The molecule has 3 aromatic rings. The van der Waals surface area contributed by atoms with Gasteiger partial charge in [0, 0.05) is 44.8 Å². The van der Waals surface area contributed by atoms with Crippen molar-refractivity contribution in [1.82, 2.24) is 15.4 Å². The second-order valence-corrected chi connectivity index (χ2v) is 12.1. The molecule has 0 spiro atoms. The molecule has 39 heavy (non-hydrogen) atoms. The maximum Gasteiger partial charge on any atom is 0.240 e. The van der Waals surface area contributed by atoms with Crippen LogP contribution in [0.25, 0.3) is 0 Å². The average molecular weight is 550 g/mol. The first-order valence-corrected chi connectivity index (χ1v) is 15.0. The third-order valence-electron chi connectivity index (χ3n) is 7.54. The molecule has 7 nitrogen and oxygen atoms in total. The van der Waals surface area contributed by atoms with Crippen LogP contribution in [-0.2, 0) is 25.0 Å². The zero-order chi connectivity index (χ0) is 27.7. The fraction of sp³-hybridized carbons (Fsp3) is 0.387. The quantitative estimate of drug-likeness (QED) is 0.299.